The molecule has 364 valence electrons. The molecule has 0 saturated heterocycles. The summed E-state index contributed by atoms with van der Waals surface area (Å²) >= 11 is 3.46. The monoisotopic (exact) mass is 956 g/mol. The summed E-state index contributed by atoms with van der Waals surface area (Å²) in [6.45, 7) is 11.0. The van der Waals surface area contributed by atoms with Crippen molar-refractivity contribution in [1.29, 1.82) is 0 Å². The van der Waals surface area contributed by atoms with Crippen molar-refractivity contribution in [2.24, 2.45) is 17.2 Å². The van der Waals surface area contributed by atoms with E-state index in [1.165, 1.54) is 19.2 Å². The predicted molar refractivity (Wildman–Crippen MR) is 261 cm³/mol. The number of fused-ring (bicyclic) bond motifs is 2. The van der Waals surface area contributed by atoms with Crippen LogP contribution in [0.3, 0.4) is 0 Å². The Labute approximate surface area is 398 Å². The maximum absolute atomic E-state index is 13.7. The quantitative estimate of drug-likeness (QED) is 0.0248. The lowest BCUT2D eigenvalue weighted by molar-refractivity contribution is -0.129. The molecule has 0 saturated carbocycles. The zero-order valence-corrected chi connectivity index (χ0v) is 40.2. The van der Waals surface area contributed by atoms with E-state index < -0.39 is 17.7 Å². The normalized spacial score (nSPS) is 10.9. The summed E-state index contributed by atoms with van der Waals surface area (Å²) in [4.78, 5) is 84.2. The molecule has 9 N–H and O–H groups in total. The van der Waals surface area contributed by atoms with E-state index in [0.717, 1.165) is 0 Å². The van der Waals surface area contributed by atoms with Gasteiger partial charge >= 0.3 is 0 Å². The van der Waals surface area contributed by atoms with E-state index in [1.54, 1.807) is 87.6 Å². The lowest BCUT2D eigenvalue weighted by atomic mass is 10.1. The van der Waals surface area contributed by atoms with Crippen molar-refractivity contribution in [3.8, 4) is 11.5 Å². The van der Waals surface area contributed by atoms with Crippen LogP contribution in [0.1, 0.15) is 93.1 Å². The number of thiol groups is 1. The minimum absolute atomic E-state index is 0.0318. The van der Waals surface area contributed by atoms with Crippen molar-refractivity contribution in [3.05, 3.63) is 82.5 Å². The summed E-state index contributed by atoms with van der Waals surface area (Å²) < 4.78 is 12.7. The van der Waals surface area contributed by atoms with Gasteiger partial charge in [-0.1, -0.05) is 19.1 Å². The molecule has 4 aromatic heterocycles. The van der Waals surface area contributed by atoms with Crippen molar-refractivity contribution in [3.63, 3.8) is 0 Å². The number of nitrogens with zero attached hydrogens (tertiary/aromatic N) is 9. The number of aromatic nitrogens is 8. The van der Waals surface area contributed by atoms with Crippen molar-refractivity contribution in [2.45, 2.75) is 80.1 Å². The second kappa shape index (κ2) is 25.0. The van der Waals surface area contributed by atoms with E-state index in [0.29, 0.717) is 83.9 Å². The number of amides is 4. The Morgan fingerprint density at radius 3 is 1.81 bits per heavy atom. The van der Waals surface area contributed by atoms with Gasteiger partial charge in [-0.2, -0.15) is 10.2 Å². The van der Waals surface area contributed by atoms with Crippen LogP contribution in [0.4, 0.5) is 11.9 Å². The van der Waals surface area contributed by atoms with Gasteiger partial charge in [-0.25, -0.2) is 9.97 Å². The van der Waals surface area contributed by atoms with E-state index in [2.05, 4.69) is 44.2 Å². The predicted octanol–water partition coefficient (Wildman–Crippen LogP) is 3.82. The zero-order valence-electron chi connectivity index (χ0n) is 39.3. The van der Waals surface area contributed by atoms with Crippen LogP contribution in [-0.4, -0.2) is 117 Å². The zero-order chi connectivity index (χ0) is 50.2. The third kappa shape index (κ3) is 13.2. The number of hydrogen-bond acceptors (Lipinski definition) is 14. The first-order valence-corrected chi connectivity index (χ1v) is 22.2. The van der Waals surface area contributed by atoms with E-state index >= 15 is 0 Å². The molecule has 0 atom stereocenters. The van der Waals surface area contributed by atoms with Crippen LogP contribution in [-0.2, 0) is 35.8 Å². The van der Waals surface area contributed by atoms with Crippen molar-refractivity contribution in [2.75, 3.05) is 44.4 Å². The van der Waals surface area contributed by atoms with Gasteiger partial charge in [-0.05, 0) is 77.6 Å². The molecule has 2 aromatic carbocycles. The first-order valence-electron chi connectivity index (χ1n) is 21.8. The van der Waals surface area contributed by atoms with Gasteiger partial charge in [-0.3, -0.25) is 48.8 Å². The molecule has 0 bridgehead atoms. The average Bonchev–Trinajstić information content (AvgIpc) is 4.09. The van der Waals surface area contributed by atoms with E-state index in [1.807, 2.05) is 13.8 Å². The molecular weight excluding hydrogens is 897 g/mol. The molecule has 0 spiro atoms. The fourth-order valence-corrected chi connectivity index (χ4v) is 6.92. The number of benzene rings is 2. The topological polar surface area (TPSA) is 309 Å². The Hall–Kier alpha value is -7.37. The number of nitrogens with two attached hydrogens (primary N) is 3. The van der Waals surface area contributed by atoms with Gasteiger partial charge in [0.15, 0.2) is 5.12 Å². The van der Waals surface area contributed by atoms with Crippen molar-refractivity contribution in [1.82, 2.24) is 43.6 Å². The number of carbonyl (C=O) groups excluding carboxylic acids is 6. The molecule has 22 nitrogen and oxygen atoms in total. The molecule has 0 unspecified atom stereocenters. The summed E-state index contributed by atoms with van der Waals surface area (Å²) in [5.41, 5.74) is 19.2. The average molecular weight is 957 g/mol. The van der Waals surface area contributed by atoms with Crippen LogP contribution in [0.2, 0.25) is 0 Å². The van der Waals surface area contributed by atoms with Crippen LogP contribution < -0.4 is 32.6 Å². The van der Waals surface area contributed by atoms with Gasteiger partial charge in [0.1, 0.15) is 40.2 Å². The summed E-state index contributed by atoms with van der Waals surface area (Å²) in [5, 5.41) is 25.6. The number of phenolic OH excluding ortho intramolecular Hbond substituents is 1. The fraction of sp³-hybridized carbons (Fsp3) is 0.378. The highest BCUT2D eigenvalue weighted by molar-refractivity contribution is 7.96. The molecule has 4 heterocycles. The highest BCUT2D eigenvalue weighted by Gasteiger charge is 2.23. The van der Waals surface area contributed by atoms with E-state index in [9.17, 15) is 33.9 Å². The molecule has 4 amide bonds. The number of aryl methyl sites for hydroxylation is 4. The molecule has 0 aliphatic carbocycles. The Kier molecular flexibility index (Phi) is 19.5. The van der Waals surface area contributed by atoms with Crippen molar-refractivity contribution < 1.29 is 38.6 Å². The van der Waals surface area contributed by atoms with Gasteiger partial charge in [-0.15, -0.1) is 12.6 Å². The Balaban J connectivity index is 0.00000135. The molecule has 6 rings (SSSR count). The number of aldehydes is 1. The molecule has 6 aromatic rings. The first-order chi connectivity index (χ1) is 32.5. The van der Waals surface area contributed by atoms with Crippen LogP contribution in [0.15, 0.2) is 48.6 Å². The van der Waals surface area contributed by atoms with Gasteiger partial charge < -0.3 is 41.1 Å². The van der Waals surface area contributed by atoms with Gasteiger partial charge in [0.05, 0.1) is 29.0 Å². The molecule has 0 aliphatic heterocycles. The number of imidazole rings is 2. The lowest BCUT2D eigenvalue weighted by Crippen LogP contribution is -2.30. The number of ether oxygens (including phenoxy) is 1. The Morgan fingerprint density at radius 2 is 1.34 bits per heavy atom. The standard InChI is InChI=1S/C41H49N13O7.C3H6OS.CH5N/c1-6-53-30(17-24(3)48-53)38(59)46-40-45-29-21-27(37(43)58)22-32(56)35(29)51(40)14-8-9-15-52-36-28(44-41(52)47-39(60)31-18-25(4)49-54(31)7-2)19-26(23-55)20-33(36)61-16-10-13-50(5)34(57)11-12-42;1-2-3(4)5;1-2/h8-9,17-23,56H,6-7,10-16,42H2,1-5H3,(H2,43,58)(H,44,47,60)(H,45,46,59);2H2,1H3,(H,4,5);2H2,1H3/b9-8+;;. The molecule has 0 aliphatic rings. The van der Waals surface area contributed by atoms with Gasteiger partial charge in [0.2, 0.25) is 23.7 Å². The molecular formula is C45H60N14O8S. The highest BCUT2D eigenvalue weighted by atomic mass is 32.1. The van der Waals surface area contributed by atoms with Crippen molar-refractivity contribution >= 4 is 81.6 Å². The summed E-state index contributed by atoms with van der Waals surface area (Å²) in [5.74, 6) is -1.50. The molecule has 23 heteroatoms. The Bertz CT molecular complexity index is 2810. The van der Waals surface area contributed by atoms with Gasteiger partial charge in [0.25, 0.3) is 11.8 Å². The number of hydrogen-bond donors (Lipinski definition) is 7. The van der Waals surface area contributed by atoms with Crippen LogP contribution in [0.25, 0.3) is 22.1 Å². The van der Waals surface area contributed by atoms with Crippen LogP contribution in [0, 0.1) is 13.8 Å². The molecule has 0 fully saturated rings. The number of allylic oxidation sites excluding steroid dienone is 2. The second-order valence-electron chi connectivity index (χ2n) is 15.0. The highest BCUT2D eigenvalue weighted by Crippen LogP contribution is 2.32. The van der Waals surface area contributed by atoms with E-state index in [-0.39, 0.29) is 77.9 Å². The van der Waals surface area contributed by atoms with E-state index in [4.69, 9.17) is 21.2 Å². The first kappa shape index (κ1) is 53.2. The SMILES string of the molecule is CCC(=O)S.CCn1nc(C)cc1C(=O)Nc1nc2cc(C(N)=O)cc(O)c2n1C/C=C/Cn1c(NC(=O)c2cc(C)nn2CC)nc2cc(C=O)cc(OCCCN(C)C(=O)CCN)c21.CN. The maximum Gasteiger partial charge on any atom is 0.276 e. The third-order valence-electron chi connectivity index (χ3n) is 10.1. The number of phenols is 1. The van der Waals surface area contributed by atoms with Crippen LogP contribution in [0.5, 0.6) is 11.5 Å². The van der Waals surface area contributed by atoms with Gasteiger partial charge in [0, 0.05) is 70.3 Å². The minimum Gasteiger partial charge on any atom is -0.506 e. The minimum atomic E-state index is -0.766. The van der Waals surface area contributed by atoms with Crippen LogP contribution >= 0.6 is 12.6 Å². The second-order valence-corrected chi connectivity index (χ2v) is 15.5. The summed E-state index contributed by atoms with van der Waals surface area (Å²) in [6, 6.07) is 9.16. The molecule has 0 radical (unpaired) electrons. The molecule has 68 heavy (non-hydrogen) atoms. The number of anilines is 2. The largest absolute Gasteiger partial charge is 0.506 e. The number of aromatic hydroxyl groups is 1. The fourth-order valence-electron chi connectivity index (χ4n) is 6.92. The maximum atomic E-state index is 13.7. The number of carbonyl (C=O) groups is 6. The smallest absolute Gasteiger partial charge is 0.276 e. The summed E-state index contributed by atoms with van der Waals surface area (Å²) in [6.07, 6.45) is 5.46. The Morgan fingerprint density at radius 1 is 0.824 bits per heavy atom. The lowest BCUT2D eigenvalue weighted by Gasteiger charge is -2.17. The number of nitrogens with one attached hydrogen (secondary N) is 2. The number of rotatable bonds is 20. The summed E-state index contributed by atoms with van der Waals surface area (Å²) in [7, 11) is 3.19. The number of primary amides is 1. The third-order valence-corrected chi connectivity index (χ3v) is 10.4.